The van der Waals surface area contributed by atoms with Crippen LogP contribution in [0.1, 0.15) is 12.8 Å². The fraction of sp³-hybridized carbons (Fsp3) is 0.857. The van der Waals surface area contributed by atoms with Gasteiger partial charge in [0.05, 0.1) is 6.26 Å². The maximum atomic E-state index is 12.2. The number of rotatable bonds is 4. The summed E-state index contributed by atoms with van der Waals surface area (Å²) < 4.78 is 85.1. The van der Waals surface area contributed by atoms with Crippen LogP contribution in [0.2, 0.25) is 0 Å². The van der Waals surface area contributed by atoms with E-state index in [0.717, 1.165) is 11.8 Å². The molecule has 0 fully saturated rings. The molecule has 5 nitrogen and oxygen atoms in total. The second-order valence-corrected chi connectivity index (χ2v) is 5.85. The molecule has 0 bridgehead atoms. The molecular weight excluding hydrogens is 319 g/mol. The number of alkyl halides is 5. The average molecular weight is 332 g/mol. The van der Waals surface area contributed by atoms with E-state index in [1.54, 1.807) is 0 Å². The van der Waals surface area contributed by atoms with Crippen LogP contribution in [-0.4, -0.2) is 42.2 Å². The minimum Gasteiger partial charge on any atom is -0.379 e. The van der Waals surface area contributed by atoms with Crippen molar-refractivity contribution < 1.29 is 34.9 Å². The molecule has 0 amide bonds. The van der Waals surface area contributed by atoms with Crippen LogP contribution in [0.15, 0.2) is 0 Å². The van der Waals surface area contributed by atoms with Crippen molar-refractivity contribution in [1.29, 1.82) is 5.41 Å². The van der Waals surface area contributed by atoms with Gasteiger partial charge >= 0.3 is 12.1 Å². The van der Waals surface area contributed by atoms with Crippen LogP contribution in [0.5, 0.6) is 0 Å². The van der Waals surface area contributed by atoms with Crippen LogP contribution in [0.3, 0.4) is 0 Å². The van der Waals surface area contributed by atoms with E-state index in [1.807, 2.05) is 0 Å². The number of nitrogens with one attached hydrogen (secondary N) is 1. The summed E-state index contributed by atoms with van der Waals surface area (Å²) in [6.45, 7) is 0. The third-order valence-electron chi connectivity index (χ3n) is 1.31. The molecule has 0 heterocycles. The first-order chi connectivity index (χ1) is 8.17. The lowest BCUT2D eigenvalue weighted by molar-refractivity contribution is -0.284. The van der Waals surface area contributed by atoms with Gasteiger partial charge in [0.25, 0.3) is 10.1 Å². The van der Waals surface area contributed by atoms with E-state index in [0.29, 0.717) is 6.26 Å². The summed E-state index contributed by atoms with van der Waals surface area (Å²) in [7, 11) is -3.67. The molecule has 0 aromatic carbocycles. The zero-order valence-electron chi connectivity index (χ0n) is 9.67. The maximum Gasteiger partial charge on any atom is 0.453 e. The van der Waals surface area contributed by atoms with E-state index < -0.39 is 28.6 Å². The highest BCUT2D eigenvalue weighted by Crippen LogP contribution is 2.38. The Hall–Kier alpha value is -0.620. The van der Waals surface area contributed by atoms with Gasteiger partial charge in [-0.25, -0.2) is 0 Å². The number of hydrogen-bond acceptors (Lipinski definition) is 4. The van der Waals surface area contributed by atoms with Crippen LogP contribution < -0.4 is 5.73 Å². The van der Waals surface area contributed by atoms with Crippen LogP contribution in [0.25, 0.3) is 0 Å². The van der Waals surface area contributed by atoms with Crippen molar-refractivity contribution in [3.8, 4) is 0 Å². The van der Waals surface area contributed by atoms with Gasteiger partial charge in [0.2, 0.25) is 0 Å². The van der Waals surface area contributed by atoms with Gasteiger partial charge in [0.1, 0.15) is 0 Å². The van der Waals surface area contributed by atoms with E-state index in [1.165, 1.54) is 0 Å². The lowest BCUT2D eigenvalue weighted by Crippen LogP contribution is -2.36. The molecule has 12 heteroatoms. The molecule has 0 aliphatic rings. The van der Waals surface area contributed by atoms with E-state index in [9.17, 15) is 30.4 Å². The average Bonchev–Trinajstić information content (AvgIpc) is 2.07. The van der Waals surface area contributed by atoms with Crippen molar-refractivity contribution >= 4 is 27.0 Å². The zero-order valence-corrected chi connectivity index (χ0v) is 11.3. The van der Waals surface area contributed by atoms with Gasteiger partial charge < -0.3 is 5.73 Å². The van der Waals surface area contributed by atoms with E-state index in [2.05, 4.69) is 0 Å². The standard InChI is InChI=1S/C6H9F5N2S.CH4O3S/c7-5(8,6(9,10)11)2-1-3-14-4(12)13;1-5(2,3)4/h1-3H2,(H3,12,13);1H3,(H,2,3,4). The van der Waals surface area contributed by atoms with Crippen LogP contribution in [-0.2, 0) is 10.1 Å². The molecule has 0 rings (SSSR count). The van der Waals surface area contributed by atoms with Crippen molar-refractivity contribution in [1.82, 2.24) is 0 Å². The Kier molecular flexibility index (Phi) is 8.54. The molecule has 0 atom stereocenters. The maximum absolute atomic E-state index is 12.2. The highest BCUT2D eigenvalue weighted by atomic mass is 32.2. The lowest BCUT2D eigenvalue weighted by Gasteiger charge is -2.18. The Morgan fingerprint density at radius 1 is 1.32 bits per heavy atom. The Morgan fingerprint density at radius 3 is 1.95 bits per heavy atom. The summed E-state index contributed by atoms with van der Waals surface area (Å²) >= 11 is 0.743. The summed E-state index contributed by atoms with van der Waals surface area (Å²) in [4.78, 5) is 0. The highest BCUT2D eigenvalue weighted by molar-refractivity contribution is 8.13. The molecule has 0 aromatic rings. The number of amidine groups is 1. The van der Waals surface area contributed by atoms with E-state index in [4.69, 9.17) is 15.7 Å². The van der Waals surface area contributed by atoms with Crippen molar-refractivity contribution in [2.24, 2.45) is 5.73 Å². The summed E-state index contributed by atoms with van der Waals surface area (Å²) in [5, 5.41) is 6.39. The first kappa shape index (κ1) is 20.7. The summed E-state index contributed by atoms with van der Waals surface area (Å²) in [5.74, 6) is -4.66. The van der Waals surface area contributed by atoms with Crippen LogP contribution >= 0.6 is 11.8 Å². The third-order valence-corrected chi connectivity index (χ3v) is 2.11. The van der Waals surface area contributed by atoms with Gasteiger partial charge in [-0.1, -0.05) is 11.8 Å². The highest BCUT2D eigenvalue weighted by Gasteiger charge is 2.56. The van der Waals surface area contributed by atoms with Gasteiger partial charge in [-0.2, -0.15) is 30.4 Å². The zero-order chi connectivity index (χ0) is 15.9. The molecule has 0 radical (unpaired) electrons. The molecule has 0 unspecified atom stereocenters. The normalized spacial score (nSPS) is 12.6. The van der Waals surface area contributed by atoms with Gasteiger partial charge in [-0.05, 0) is 6.42 Å². The SMILES string of the molecule is CS(=O)(=O)O.N=C(N)SCCCC(F)(F)C(F)(F)F. The number of thioether (sulfide) groups is 1. The van der Waals surface area contributed by atoms with E-state index >= 15 is 0 Å². The van der Waals surface area contributed by atoms with E-state index in [-0.39, 0.29) is 17.3 Å². The van der Waals surface area contributed by atoms with Crippen molar-refractivity contribution in [3.63, 3.8) is 0 Å². The number of hydrogen-bond donors (Lipinski definition) is 3. The van der Waals surface area contributed by atoms with Crippen molar-refractivity contribution in [3.05, 3.63) is 0 Å². The van der Waals surface area contributed by atoms with Crippen LogP contribution in [0, 0.1) is 5.41 Å². The van der Waals surface area contributed by atoms with Crippen molar-refractivity contribution in [2.45, 2.75) is 24.9 Å². The molecule has 0 aliphatic heterocycles. The Bertz CT molecular complexity index is 375. The summed E-state index contributed by atoms with van der Waals surface area (Å²) in [5.41, 5.74) is 4.86. The molecule has 0 spiro atoms. The summed E-state index contributed by atoms with van der Waals surface area (Å²) in [6, 6.07) is 0. The second-order valence-electron chi connectivity index (χ2n) is 3.25. The van der Waals surface area contributed by atoms with Crippen LogP contribution in [0.4, 0.5) is 22.0 Å². The molecule has 0 saturated carbocycles. The number of halogens is 5. The Balaban J connectivity index is 0. The molecule has 116 valence electrons. The predicted molar refractivity (Wildman–Crippen MR) is 62.1 cm³/mol. The second kappa shape index (κ2) is 7.85. The predicted octanol–water partition coefficient (Wildman–Crippen LogP) is 2.09. The third kappa shape index (κ3) is 15.3. The quantitative estimate of drug-likeness (QED) is 0.240. The number of nitrogens with two attached hydrogens (primary N) is 1. The summed E-state index contributed by atoms with van der Waals surface area (Å²) in [6.07, 6.45) is -6.38. The van der Waals surface area contributed by atoms with Gasteiger partial charge in [-0.3, -0.25) is 9.96 Å². The largest absolute Gasteiger partial charge is 0.453 e. The fourth-order valence-electron chi connectivity index (χ4n) is 0.618. The molecular formula is C7H13F5N2O3S2. The van der Waals surface area contributed by atoms with Crippen molar-refractivity contribution in [2.75, 3.05) is 12.0 Å². The fourth-order valence-corrected chi connectivity index (χ4v) is 1.13. The first-order valence-electron chi connectivity index (χ1n) is 4.50. The molecule has 0 aliphatic carbocycles. The lowest BCUT2D eigenvalue weighted by atomic mass is 10.2. The Labute approximate surface area is 111 Å². The molecule has 0 saturated heterocycles. The van der Waals surface area contributed by atoms with Gasteiger partial charge in [0.15, 0.2) is 5.17 Å². The topological polar surface area (TPSA) is 104 Å². The van der Waals surface area contributed by atoms with Gasteiger partial charge in [-0.15, -0.1) is 0 Å². The van der Waals surface area contributed by atoms with Gasteiger partial charge in [0, 0.05) is 12.2 Å². The molecule has 0 aromatic heterocycles. The monoisotopic (exact) mass is 332 g/mol. The smallest absolute Gasteiger partial charge is 0.379 e. The molecule has 4 N–H and O–H groups in total. The Morgan fingerprint density at radius 2 is 1.68 bits per heavy atom. The molecule has 19 heavy (non-hydrogen) atoms. The first-order valence-corrected chi connectivity index (χ1v) is 7.34. The minimum absolute atomic E-state index is 0.0129. The minimum atomic E-state index is -5.49.